The van der Waals surface area contributed by atoms with Gasteiger partial charge in [-0.2, -0.15) is 0 Å². The number of esters is 1. The van der Waals surface area contributed by atoms with Crippen molar-refractivity contribution in [2.24, 2.45) is 0 Å². The van der Waals surface area contributed by atoms with Gasteiger partial charge in [0.2, 0.25) is 6.29 Å². The maximum absolute atomic E-state index is 13.1. The fourth-order valence-electron chi connectivity index (χ4n) is 6.49. The molecule has 3 saturated heterocycles. The lowest BCUT2D eigenvalue weighted by Crippen LogP contribution is -2.65. The third kappa shape index (κ3) is 8.62. The largest absolute Gasteiger partial charge is 0.507 e. The summed E-state index contributed by atoms with van der Waals surface area (Å²) in [5, 5.41) is 95.8. The van der Waals surface area contributed by atoms with Gasteiger partial charge >= 0.3 is 5.97 Å². The summed E-state index contributed by atoms with van der Waals surface area (Å²) in [5.74, 6) is -0.861. The molecule has 1 aromatic heterocycles. The molecular formula is C36H44O20. The van der Waals surface area contributed by atoms with Gasteiger partial charge in [0.25, 0.3) is 0 Å². The van der Waals surface area contributed by atoms with Gasteiger partial charge < -0.3 is 88.3 Å². The third-order valence-corrected chi connectivity index (χ3v) is 9.70. The topological polar surface area (TPSA) is 303 Å². The van der Waals surface area contributed by atoms with Gasteiger partial charge in [0.1, 0.15) is 102 Å². The summed E-state index contributed by atoms with van der Waals surface area (Å²) in [6.45, 7) is 1.33. The zero-order valence-corrected chi connectivity index (χ0v) is 30.1. The van der Waals surface area contributed by atoms with Crippen molar-refractivity contribution in [2.75, 3.05) is 20.3 Å². The lowest BCUT2D eigenvalue weighted by Gasteiger charge is -2.46. The van der Waals surface area contributed by atoms with Crippen LogP contribution in [-0.2, 0) is 33.2 Å². The molecule has 3 aromatic rings. The van der Waals surface area contributed by atoms with Gasteiger partial charge in [-0.3, -0.25) is 9.59 Å². The molecule has 2 aromatic carbocycles. The van der Waals surface area contributed by atoms with Crippen molar-refractivity contribution in [3.8, 4) is 28.6 Å². The van der Waals surface area contributed by atoms with Crippen LogP contribution in [0, 0.1) is 0 Å². The van der Waals surface area contributed by atoms with Crippen LogP contribution < -0.4 is 14.9 Å². The molecule has 20 heteroatoms. The van der Waals surface area contributed by atoms with E-state index in [2.05, 4.69) is 0 Å². The minimum Gasteiger partial charge on any atom is -0.507 e. The molecule has 3 aliphatic rings. The van der Waals surface area contributed by atoms with Crippen LogP contribution in [0.2, 0.25) is 0 Å². The molecule has 0 spiro atoms. The molecule has 6 rings (SSSR count). The van der Waals surface area contributed by atoms with E-state index >= 15 is 0 Å². The highest BCUT2D eigenvalue weighted by Crippen LogP contribution is 2.36. The van der Waals surface area contributed by atoms with Crippen molar-refractivity contribution in [1.29, 1.82) is 0 Å². The van der Waals surface area contributed by atoms with Gasteiger partial charge in [-0.25, -0.2) is 0 Å². The fraction of sp³-hybridized carbons (Fsp3) is 0.556. The lowest BCUT2D eigenvalue weighted by atomic mass is 9.97. The summed E-state index contributed by atoms with van der Waals surface area (Å²) in [7, 11) is 1.49. The number of phenolic OH excluding ortho intramolecular Hbond substituents is 1. The molecule has 0 bridgehead atoms. The Labute approximate surface area is 317 Å². The Balaban J connectivity index is 1.30. The number of methoxy groups -OCH3 is 1. The Kier molecular flexibility index (Phi) is 12.8. The second-order valence-corrected chi connectivity index (χ2v) is 13.6. The van der Waals surface area contributed by atoms with Crippen molar-refractivity contribution >= 4 is 16.9 Å². The number of hydrogen-bond acceptors (Lipinski definition) is 20. The molecule has 9 N–H and O–H groups in total. The standard InChI is InChI=1S/C36H44O20/c1-13-25(40)28(43)31(46)34(51-13)50-12-23-27(42)30(45)33(56-35-32(47)29(44)26(41)22(54-35)11-49-14(2)37)36(55-23)52-17-8-18(38)24-19(39)10-20(53-21(24)9-17)15-4-6-16(48-3)7-5-15/h4-10,13,22-23,25-36,38,40-47H,11-12H2,1-3H3/t13-,22+,23+,25+,26-,27-,28+,29+,30-,31-,32+,33-,34+,35+,36-/m1/s1. The van der Waals surface area contributed by atoms with Gasteiger partial charge in [0.15, 0.2) is 24.1 Å². The number of rotatable bonds is 11. The molecule has 0 radical (unpaired) electrons. The Morgan fingerprint density at radius 2 is 1.34 bits per heavy atom. The van der Waals surface area contributed by atoms with E-state index in [1.807, 2.05) is 0 Å². The normalized spacial score (nSPS) is 36.2. The number of aliphatic hydroxyl groups is 8. The van der Waals surface area contributed by atoms with Crippen molar-refractivity contribution in [3.63, 3.8) is 0 Å². The van der Waals surface area contributed by atoms with E-state index in [9.17, 15) is 55.5 Å². The Hall–Kier alpha value is -4.00. The number of phenols is 1. The molecule has 308 valence electrons. The second kappa shape index (κ2) is 17.2. The van der Waals surface area contributed by atoms with E-state index < -0.39 is 122 Å². The molecule has 56 heavy (non-hydrogen) atoms. The molecule has 3 fully saturated rings. The highest BCUT2D eigenvalue weighted by molar-refractivity contribution is 5.86. The van der Waals surface area contributed by atoms with E-state index in [1.165, 1.54) is 26.2 Å². The second-order valence-electron chi connectivity index (χ2n) is 13.6. The van der Waals surface area contributed by atoms with Crippen LogP contribution in [0.15, 0.2) is 51.7 Å². The van der Waals surface area contributed by atoms with E-state index in [1.54, 1.807) is 24.3 Å². The number of ether oxygens (including phenoxy) is 8. The molecule has 0 aliphatic carbocycles. The first-order valence-electron chi connectivity index (χ1n) is 17.5. The fourth-order valence-corrected chi connectivity index (χ4v) is 6.49. The zero-order valence-electron chi connectivity index (χ0n) is 30.1. The van der Waals surface area contributed by atoms with E-state index in [-0.39, 0.29) is 22.5 Å². The summed E-state index contributed by atoms with van der Waals surface area (Å²) in [5.41, 5.74) is -0.242. The molecule has 0 saturated carbocycles. The quantitative estimate of drug-likeness (QED) is 0.0914. The zero-order chi connectivity index (χ0) is 40.6. The number of carbonyl (C=O) groups excluding carboxylic acids is 1. The van der Waals surface area contributed by atoms with Crippen molar-refractivity contribution in [2.45, 2.75) is 106 Å². The van der Waals surface area contributed by atoms with Gasteiger partial charge in [-0.15, -0.1) is 0 Å². The van der Waals surface area contributed by atoms with Crippen LogP contribution >= 0.6 is 0 Å². The molecule has 0 unspecified atom stereocenters. The molecule has 4 heterocycles. The molecule has 3 aliphatic heterocycles. The molecule has 15 atom stereocenters. The summed E-state index contributed by atoms with van der Waals surface area (Å²) >= 11 is 0. The number of benzene rings is 2. The van der Waals surface area contributed by atoms with E-state index in [0.717, 1.165) is 13.0 Å². The predicted octanol–water partition coefficient (Wildman–Crippen LogP) is -2.40. The number of hydrogen-bond donors (Lipinski definition) is 9. The van der Waals surface area contributed by atoms with Gasteiger partial charge in [0, 0.05) is 30.7 Å². The minimum absolute atomic E-state index is 0.124. The number of carbonyl (C=O) groups is 1. The maximum Gasteiger partial charge on any atom is 0.302 e. The van der Waals surface area contributed by atoms with E-state index in [0.29, 0.717) is 11.3 Å². The highest BCUT2D eigenvalue weighted by atomic mass is 16.8. The summed E-state index contributed by atoms with van der Waals surface area (Å²) < 4.78 is 50.5. The first-order chi connectivity index (χ1) is 26.6. The molecule has 20 nitrogen and oxygen atoms in total. The maximum atomic E-state index is 13.1. The first-order valence-corrected chi connectivity index (χ1v) is 17.5. The van der Waals surface area contributed by atoms with Crippen molar-refractivity contribution < 1.29 is 93.1 Å². The van der Waals surface area contributed by atoms with Crippen LogP contribution in [0.5, 0.6) is 17.2 Å². The predicted molar refractivity (Wildman–Crippen MR) is 184 cm³/mol. The third-order valence-electron chi connectivity index (χ3n) is 9.70. The van der Waals surface area contributed by atoms with Crippen LogP contribution in [0.1, 0.15) is 13.8 Å². The lowest BCUT2D eigenvalue weighted by molar-refractivity contribution is -0.362. The minimum atomic E-state index is -1.97. The SMILES string of the molecule is COc1ccc(-c2cc(=O)c3c(O)cc(O[C@@H]4O[C@@H](CO[C@H]5O[C@H](C)[C@H](O)[C@H](O)[C@H]5O)[C@@H](O)[C@@H](O)[C@H]4O[C@@H]4O[C@@H](COC(C)=O)[C@@H](O)[C@H](O)[C@@H]4O)cc3o2)cc1. The first kappa shape index (κ1) is 41.6. The smallest absolute Gasteiger partial charge is 0.302 e. The summed E-state index contributed by atoms with van der Waals surface area (Å²) in [6, 6.07) is 10.0. The number of fused-ring (bicyclic) bond motifs is 1. The van der Waals surface area contributed by atoms with Crippen molar-refractivity contribution in [1.82, 2.24) is 0 Å². The Morgan fingerprint density at radius 3 is 2.02 bits per heavy atom. The average molecular weight is 797 g/mol. The van der Waals surface area contributed by atoms with Crippen LogP contribution in [0.25, 0.3) is 22.3 Å². The van der Waals surface area contributed by atoms with Crippen LogP contribution in [0.4, 0.5) is 0 Å². The number of aliphatic hydroxyl groups excluding tert-OH is 8. The number of aromatic hydroxyl groups is 1. The molecule has 0 amide bonds. The Morgan fingerprint density at radius 1 is 0.714 bits per heavy atom. The summed E-state index contributed by atoms with van der Waals surface area (Å²) in [6.07, 6.45) is -25.1. The average Bonchev–Trinajstić information content (AvgIpc) is 3.17. The van der Waals surface area contributed by atoms with Crippen LogP contribution in [0.3, 0.4) is 0 Å². The van der Waals surface area contributed by atoms with E-state index in [4.69, 9.17) is 42.3 Å². The van der Waals surface area contributed by atoms with Crippen molar-refractivity contribution in [3.05, 3.63) is 52.7 Å². The van der Waals surface area contributed by atoms with Crippen LogP contribution in [-0.4, -0.2) is 164 Å². The Bertz CT molecular complexity index is 1870. The van der Waals surface area contributed by atoms with Gasteiger partial charge in [-0.05, 0) is 31.2 Å². The van der Waals surface area contributed by atoms with Gasteiger partial charge in [0.05, 0.1) is 19.8 Å². The molecular weight excluding hydrogens is 752 g/mol. The summed E-state index contributed by atoms with van der Waals surface area (Å²) in [4.78, 5) is 24.5. The highest BCUT2D eigenvalue weighted by Gasteiger charge is 2.52. The monoisotopic (exact) mass is 796 g/mol. The van der Waals surface area contributed by atoms with Gasteiger partial charge in [-0.1, -0.05) is 0 Å².